The van der Waals surface area contributed by atoms with Crippen LogP contribution in [0.4, 0.5) is 5.69 Å². The summed E-state index contributed by atoms with van der Waals surface area (Å²) in [6, 6.07) is 11.9. The fourth-order valence-electron chi connectivity index (χ4n) is 2.37. The Kier molecular flexibility index (Phi) is 5.11. The molecule has 0 atom stereocenters. The number of amides is 2. The lowest BCUT2D eigenvalue weighted by Gasteiger charge is -2.08. The van der Waals surface area contributed by atoms with Crippen LogP contribution in [-0.4, -0.2) is 33.2 Å². The van der Waals surface area contributed by atoms with Crippen LogP contribution in [-0.2, 0) is 4.79 Å². The highest BCUT2D eigenvalue weighted by Crippen LogP contribution is 2.31. The molecule has 1 saturated heterocycles. The molecule has 2 N–H and O–H groups in total. The van der Waals surface area contributed by atoms with Gasteiger partial charge in [0.15, 0.2) is 0 Å². The van der Waals surface area contributed by atoms with Gasteiger partial charge in [-0.2, -0.15) is 0 Å². The van der Waals surface area contributed by atoms with Crippen molar-refractivity contribution in [3.8, 4) is 5.75 Å². The third kappa shape index (κ3) is 3.79. The van der Waals surface area contributed by atoms with Gasteiger partial charge in [-0.15, -0.1) is 0 Å². The molecule has 1 heterocycles. The number of hydrogen-bond acceptors (Lipinski definition) is 5. The molecule has 2 aromatic carbocycles. The molecular weight excluding hydrogens is 368 g/mol. The maximum absolute atomic E-state index is 12.4. The average Bonchev–Trinajstić information content (AvgIpc) is 2.85. The summed E-state index contributed by atoms with van der Waals surface area (Å²) in [4.78, 5) is 26.4. The van der Waals surface area contributed by atoms with Crippen LogP contribution in [0.1, 0.15) is 21.5 Å². The number of hydrogen-bond donors (Lipinski definition) is 2. The SMILES string of the molecule is Cc1ccc(O)c(NC(=O)c2ccc(/C=C3\SC(=S)N(C)C3=O)cc2)c1. The number of benzene rings is 2. The molecule has 26 heavy (non-hydrogen) atoms. The highest BCUT2D eigenvalue weighted by molar-refractivity contribution is 8.26. The number of rotatable bonds is 3. The Hall–Kier alpha value is -2.64. The Morgan fingerprint density at radius 2 is 1.92 bits per heavy atom. The summed E-state index contributed by atoms with van der Waals surface area (Å²) in [5.74, 6) is -0.434. The summed E-state index contributed by atoms with van der Waals surface area (Å²) in [6.07, 6.45) is 1.75. The first-order valence-electron chi connectivity index (χ1n) is 7.78. The molecular formula is C19H16N2O3S2. The van der Waals surface area contributed by atoms with E-state index in [1.54, 1.807) is 49.5 Å². The molecule has 0 saturated carbocycles. The molecule has 0 aromatic heterocycles. The van der Waals surface area contributed by atoms with E-state index in [1.165, 1.54) is 22.7 Å². The maximum atomic E-state index is 12.4. The highest BCUT2D eigenvalue weighted by atomic mass is 32.2. The van der Waals surface area contributed by atoms with Crippen molar-refractivity contribution in [2.75, 3.05) is 12.4 Å². The number of aromatic hydroxyl groups is 1. The van der Waals surface area contributed by atoms with E-state index in [-0.39, 0.29) is 17.6 Å². The van der Waals surface area contributed by atoms with E-state index in [4.69, 9.17) is 12.2 Å². The van der Waals surface area contributed by atoms with Crippen molar-refractivity contribution < 1.29 is 14.7 Å². The Balaban J connectivity index is 1.75. The van der Waals surface area contributed by atoms with Crippen LogP contribution >= 0.6 is 24.0 Å². The highest BCUT2D eigenvalue weighted by Gasteiger charge is 2.28. The van der Waals surface area contributed by atoms with E-state index in [0.29, 0.717) is 20.5 Å². The van der Waals surface area contributed by atoms with Crippen molar-refractivity contribution in [1.82, 2.24) is 4.90 Å². The minimum atomic E-state index is -0.322. The zero-order valence-corrected chi connectivity index (χ0v) is 15.8. The van der Waals surface area contributed by atoms with Gasteiger partial charge in [0, 0.05) is 12.6 Å². The molecule has 0 bridgehead atoms. The molecule has 132 valence electrons. The molecule has 1 fully saturated rings. The molecule has 1 aliphatic heterocycles. The zero-order chi connectivity index (χ0) is 18.8. The Morgan fingerprint density at radius 3 is 2.54 bits per heavy atom. The van der Waals surface area contributed by atoms with E-state index in [9.17, 15) is 14.7 Å². The first-order valence-corrected chi connectivity index (χ1v) is 9.00. The number of thioether (sulfide) groups is 1. The van der Waals surface area contributed by atoms with E-state index >= 15 is 0 Å². The molecule has 3 rings (SSSR count). The maximum Gasteiger partial charge on any atom is 0.265 e. The molecule has 2 aromatic rings. The summed E-state index contributed by atoms with van der Waals surface area (Å²) >= 11 is 6.36. The fraction of sp³-hybridized carbons (Fsp3) is 0.105. The van der Waals surface area contributed by atoms with Gasteiger partial charge < -0.3 is 10.4 Å². The minimum absolute atomic E-state index is 0.0159. The van der Waals surface area contributed by atoms with Gasteiger partial charge in [0.2, 0.25) is 0 Å². The molecule has 7 heteroatoms. The number of phenols is 1. The molecule has 0 aliphatic carbocycles. The Labute approximate surface area is 160 Å². The van der Waals surface area contributed by atoms with Gasteiger partial charge in [-0.25, -0.2) is 0 Å². The number of phenolic OH excluding ortho intramolecular Hbond substituents is 1. The number of likely N-dealkylation sites (N-methyl/N-ethyl adjacent to an activating group) is 1. The van der Waals surface area contributed by atoms with E-state index in [1.807, 2.05) is 6.92 Å². The second-order valence-corrected chi connectivity index (χ2v) is 7.51. The van der Waals surface area contributed by atoms with Crippen LogP contribution in [0.5, 0.6) is 5.75 Å². The topological polar surface area (TPSA) is 69.6 Å². The lowest BCUT2D eigenvalue weighted by atomic mass is 10.1. The summed E-state index contributed by atoms with van der Waals surface area (Å²) in [5.41, 5.74) is 2.55. The molecule has 0 radical (unpaired) electrons. The van der Waals surface area contributed by atoms with E-state index in [2.05, 4.69) is 5.32 Å². The van der Waals surface area contributed by atoms with Gasteiger partial charge in [0.25, 0.3) is 11.8 Å². The molecule has 1 aliphatic rings. The van der Waals surface area contributed by atoms with Gasteiger partial charge in [0.1, 0.15) is 10.1 Å². The monoisotopic (exact) mass is 384 g/mol. The second kappa shape index (κ2) is 7.31. The number of anilines is 1. The standard InChI is InChI=1S/C19H16N2O3S2/c1-11-3-8-15(22)14(9-11)20-17(23)13-6-4-12(5-7-13)10-16-18(24)21(2)19(25)26-16/h3-10,22H,1-2H3,(H,20,23)/b16-10-. The van der Waals surface area contributed by atoms with Gasteiger partial charge in [0.05, 0.1) is 10.6 Å². The zero-order valence-electron chi connectivity index (χ0n) is 14.1. The van der Waals surface area contributed by atoms with Crippen LogP contribution in [0.2, 0.25) is 0 Å². The summed E-state index contributed by atoms with van der Waals surface area (Å²) in [6.45, 7) is 1.88. The van der Waals surface area contributed by atoms with Crippen molar-refractivity contribution in [2.24, 2.45) is 0 Å². The van der Waals surface area contributed by atoms with Crippen LogP contribution in [0.3, 0.4) is 0 Å². The lowest BCUT2D eigenvalue weighted by Crippen LogP contribution is -2.22. The van der Waals surface area contributed by atoms with Gasteiger partial charge >= 0.3 is 0 Å². The number of nitrogens with one attached hydrogen (secondary N) is 1. The fourth-order valence-corrected chi connectivity index (χ4v) is 3.55. The number of carbonyl (C=O) groups excluding carboxylic acids is 2. The van der Waals surface area contributed by atoms with E-state index < -0.39 is 0 Å². The summed E-state index contributed by atoms with van der Waals surface area (Å²) in [7, 11) is 1.65. The third-order valence-electron chi connectivity index (χ3n) is 3.86. The second-order valence-electron chi connectivity index (χ2n) is 5.84. The third-order valence-corrected chi connectivity index (χ3v) is 5.34. The molecule has 2 amide bonds. The quantitative estimate of drug-likeness (QED) is 0.479. The van der Waals surface area contributed by atoms with Crippen molar-refractivity contribution in [2.45, 2.75) is 6.92 Å². The number of nitrogens with zero attached hydrogens (tertiary/aromatic N) is 1. The molecule has 0 unspecified atom stereocenters. The average molecular weight is 384 g/mol. The van der Waals surface area contributed by atoms with Crippen LogP contribution in [0, 0.1) is 6.92 Å². The normalized spacial score (nSPS) is 15.6. The van der Waals surface area contributed by atoms with Crippen LogP contribution in [0.25, 0.3) is 6.08 Å². The van der Waals surface area contributed by atoms with Crippen molar-refractivity contribution in [3.05, 3.63) is 64.1 Å². The summed E-state index contributed by atoms with van der Waals surface area (Å²) in [5, 5.41) is 12.5. The first-order chi connectivity index (χ1) is 12.3. The van der Waals surface area contributed by atoms with Crippen molar-refractivity contribution in [3.63, 3.8) is 0 Å². The number of carbonyl (C=O) groups is 2. The van der Waals surface area contributed by atoms with Gasteiger partial charge in [-0.05, 0) is 48.4 Å². The Morgan fingerprint density at radius 1 is 1.23 bits per heavy atom. The van der Waals surface area contributed by atoms with Crippen LogP contribution < -0.4 is 5.32 Å². The predicted octanol–water partition coefficient (Wildman–Crippen LogP) is 3.78. The molecule has 0 spiro atoms. The summed E-state index contributed by atoms with van der Waals surface area (Å²) < 4.78 is 0.523. The van der Waals surface area contributed by atoms with Gasteiger partial charge in [-0.1, -0.05) is 42.2 Å². The largest absolute Gasteiger partial charge is 0.506 e. The first kappa shape index (κ1) is 18.2. The van der Waals surface area contributed by atoms with Crippen molar-refractivity contribution >= 4 is 51.9 Å². The number of thiocarbonyl (C=S) groups is 1. The van der Waals surface area contributed by atoms with Crippen LogP contribution in [0.15, 0.2) is 47.4 Å². The van der Waals surface area contributed by atoms with Crippen molar-refractivity contribution in [1.29, 1.82) is 0 Å². The minimum Gasteiger partial charge on any atom is -0.506 e. The Bertz CT molecular complexity index is 936. The van der Waals surface area contributed by atoms with Gasteiger partial charge in [-0.3, -0.25) is 14.5 Å². The predicted molar refractivity (Wildman–Crippen MR) is 108 cm³/mol. The van der Waals surface area contributed by atoms with E-state index in [0.717, 1.165) is 11.1 Å². The lowest BCUT2D eigenvalue weighted by molar-refractivity contribution is -0.121. The smallest absolute Gasteiger partial charge is 0.265 e. The molecule has 5 nitrogen and oxygen atoms in total. The number of aryl methyl sites for hydroxylation is 1.